The Bertz CT molecular complexity index is 756. The van der Waals surface area contributed by atoms with Crippen LogP contribution < -0.4 is 5.32 Å². The second-order valence-electron chi connectivity index (χ2n) is 4.46. The number of fused-ring (bicyclic) bond motifs is 1. The molecule has 0 saturated carbocycles. The standard InChI is InChI=1S/C15H12N2OS/c1-3-10(14-5-2-8-19-14)11-9-13(18-12(11)4-1)15-16-6-7-17-15/h1-5,8-9H,6-7H2,(H,16,17). The predicted octanol–water partition coefficient (Wildman–Crippen LogP) is 3.51. The van der Waals surface area contributed by atoms with Gasteiger partial charge in [0, 0.05) is 22.4 Å². The van der Waals surface area contributed by atoms with E-state index in [4.69, 9.17) is 4.42 Å². The lowest BCUT2D eigenvalue weighted by atomic mass is 10.1. The third kappa shape index (κ3) is 1.76. The summed E-state index contributed by atoms with van der Waals surface area (Å²) in [4.78, 5) is 5.67. The molecule has 1 N–H and O–H groups in total. The summed E-state index contributed by atoms with van der Waals surface area (Å²) in [6.45, 7) is 1.72. The Labute approximate surface area is 114 Å². The minimum Gasteiger partial charge on any atom is -0.453 e. The minimum atomic E-state index is 0.824. The average Bonchev–Trinajstić information content (AvgIpc) is 3.18. The van der Waals surface area contributed by atoms with Crippen molar-refractivity contribution >= 4 is 28.1 Å². The van der Waals surface area contributed by atoms with E-state index in [1.165, 1.54) is 10.4 Å². The highest BCUT2D eigenvalue weighted by Crippen LogP contribution is 2.33. The number of nitrogens with one attached hydrogen (secondary N) is 1. The van der Waals surface area contributed by atoms with Crippen molar-refractivity contribution in [3.8, 4) is 10.4 Å². The summed E-state index contributed by atoms with van der Waals surface area (Å²) in [6, 6.07) is 12.5. The van der Waals surface area contributed by atoms with Crippen LogP contribution in [0.15, 0.2) is 51.2 Å². The number of thiophene rings is 1. The van der Waals surface area contributed by atoms with Crippen molar-refractivity contribution in [1.82, 2.24) is 5.32 Å². The number of hydrogen-bond donors (Lipinski definition) is 1. The van der Waals surface area contributed by atoms with Crippen LogP contribution in [0.25, 0.3) is 21.4 Å². The fourth-order valence-electron chi connectivity index (χ4n) is 2.39. The second kappa shape index (κ2) is 4.24. The van der Waals surface area contributed by atoms with Gasteiger partial charge in [0.1, 0.15) is 5.58 Å². The first-order valence-corrected chi connectivity index (χ1v) is 7.15. The second-order valence-corrected chi connectivity index (χ2v) is 5.41. The van der Waals surface area contributed by atoms with Gasteiger partial charge in [-0.1, -0.05) is 18.2 Å². The van der Waals surface area contributed by atoms with Crippen LogP contribution >= 0.6 is 11.3 Å². The molecule has 1 aromatic carbocycles. The molecule has 94 valence electrons. The quantitative estimate of drug-likeness (QED) is 0.772. The van der Waals surface area contributed by atoms with E-state index in [2.05, 4.69) is 40.0 Å². The van der Waals surface area contributed by atoms with Gasteiger partial charge in [-0.15, -0.1) is 11.3 Å². The highest BCUT2D eigenvalue weighted by atomic mass is 32.1. The summed E-state index contributed by atoms with van der Waals surface area (Å²) in [5, 5.41) is 6.49. The lowest BCUT2D eigenvalue weighted by molar-refractivity contribution is 0.602. The minimum absolute atomic E-state index is 0.824. The van der Waals surface area contributed by atoms with Crippen LogP contribution in [-0.2, 0) is 0 Å². The normalized spacial score (nSPS) is 14.6. The maximum atomic E-state index is 5.90. The molecule has 0 unspecified atom stereocenters. The monoisotopic (exact) mass is 268 g/mol. The molecule has 19 heavy (non-hydrogen) atoms. The van der Waals surface area contributed by atoms with E-state index >= 15 is 0 Å². The Morgan fingerprint density at radius 3 is 3.00 bits per heavy atom. The highest BCUT2D eigenvalue weighted by Gasteiger charge is 2.15. The lowest BCUT2D eigenvalue weighted by Crippen LogP contribution is -2.18. The Balaban J connectivity index is 1.91. The molecule has 4 heteroatoms. The smallest absolute Gasteiger partial charge is 0.170 e. The lowest BCUT2D eigenvalue weighted by Gasteiger charge is -1.97. The zero-order chi connectivity index (χ0) is 12.7. The van der Waals surface area contributed by atoms with E-state index in [0.29, 0.717) is 0 Å². The molecule has 0 saturated heterocycles. The summed E-state index contributed by atoms with van der Waals surface area (Å²) in [7, 11) is 0. The molecule has 4 rings (SSSR count). The number of hydrogen-bond acceptors (Lipinski definition) is 4. The van der Waals surface area contributed by atoms with E-state index in [-0.39, 0.29) is 0 Å². The van der Waals surface area contributed by atoms with Gasteiger partial charge in [-0.25, -0.2) is 0 Å². The molecule has 0 amide bonds. The summed E-state index contributed by atoms with van der Waals surface area (Å²) in [5.41, 5.74) is 2.14. The van der Waals surface area contributed by atoms with Crippen molar-refractivity contribution < 1.29 is 4.42 Å². The van der Waals surface area contributed by atoms with E-state index in [9.17, 15) is 0 Å². The first-order chi connectivity index (χ1) is 9.42. The van der Waals surface area contributed by atoms with E-state index < -0.39 is 0 Å². The first kappa shape index (κ1) is 10.8. The summed E-state index contributed by atoms with van der Waals surface area (Å²) >= 11 is 1.74. The van der Waals surface area contributed by atoms with Gasteiger partial charge in [-0.2, -0.15) is 0 Å². The number of nitrogens with zero attached hydrogens (tertiary/aromatic N) is 1. The highest BCUT2D eigenvalue weighted by molar-refractivity contribution is 7.13. The molecule has 3 heterocycles. The molecule has 0 bridgehead atoms. The molecule has 0 spiro atoms. The van der Waals surface area contributed by atoms with Crippen LogP contribution in [0, 0.1) is 0 Å². The third-order valence-corrected chi connectivity index (χ3v) is 4.16. The van der Waals surface area contributed by atoms with Gasteiger partial charge in [0.2, 0.25) is 0 Å². The van der Waals surface area contributed by atoms with Crippen LogP contribution in [0.2, 0.25) is 0 Å². The summed E-state index contributed by atoms with van der Waals surface area (Å²) < 4.78 is 5.90. The fraction of sp³-hybridized carbons (Fsp3) is 0.133. The fourth-order valence-corrected chi connectivity index (χ4v) is 3.15. The van der Waals surface area contributed by atoms with Gasteiger partial charge >= 0.3 is 0 Å². The van der Waals surface area contributed by atoms with Gasteiger partial charge in [-0.3, -0.25) is 4.99 Å². The van der Waals surface area contributed by atoms with E-state index in [1.54, 1.807) is 11.3 Å². The molecule has 3 nitrogen and oxygen atoms in total. The molecule has 0 fully saturated rings. The average molecular weight is 268 g/mol. The topological polar surface area (TPSA) is 37.5 Å². The van der Waals surface area contributed by atoms with Crippen molar-refractivity contribution in [2.75, 3.05) is 13.1 Å². The molecule has 0 aliphatic carbocycles. The van der Waals surface area contributed by atoms with Crippen LogP contribution in [0.1, 0.15) is 5.76 Å². The molecular weight excluding hydrogens is 256 g/mol. The summed E-state index contributed by atoms with van der Waals surface area (Å²) in [6.07, 6.45) is 0. The van der Waals surface area contributed by atoms with Gasteiger partial charge in [0.15, 0.2) is 11.6 Å². The Morgan fingerprint density at radius 2 is 2.21 bits per heavy atom. The number of amidine groups is 1. The number of aliphatic imine (C=N–C) groups is 1. The molecule has 1 aliphatic rings. The van der Waals surface area contributed by atoms with E-state index in [0.717, 1.165) is 35.7 Å². The molecule has 2 aromatic heterocycles. The van der Waals surface area contributed by atoms with Crippen LogP contribution in [-0.4, -0.2) is 18.9 Å². The van der Waals surface area contributed by atoms with Crippen molar-refractivity contribution in [3.05, 3.63) is 47.5 Å². The largest absolute Gasteiger partial charge is 0.453 e. The molecule has 0 atom stereocenters. The number of furan rings is 1. The van der Waals surface area contributed by atoms with Gasteiger partial charge < -0.3 is 9.73 Å². The third-order valence-electron chi connectivity index (χ3n) is 3.26. The van der Waals surface area contributed by atoms with Gasteiger partial charge in [-0.05, 0) is 23.6 Å². The first-order valence-electron chi connectivity index (χ1n) is 6.27. The van der Waals surface area contributed by atoms with Crippen LogP contribution in [0.4, 0.5) is 0 Å². The maximum absolute atomic E-state index is 5.90. The number of benzene rings is 1. The van der Waals surface area contributed by atoms with Crippen molar-refractivity contribution in [2.24, 2.45) is 4.99 Å². The Kier molecular flexibility index (Phi) is 2.42. The van der Waals surface area contributed by atoms with Crippen molar-refractivity contribution in [3.63, 3.8) is 0 Å². The van der Waals surface area contributed by atoms with Crippen LogP contribution in [0.3, 0.4) is 0 Å². The van der Waals surface area contributed by atoms with Crippen molar-refractivity contribution in [2.45, 2.75) is 0 Å². The van der Waals surface area contributed by atoms with Gasteiger partial charge in [0.05, 0.1) is 6.54 Å². The summed E-state index contributed by atoms with van der Waals surface area (Å²) in [5.74, 6) is 1.70. The molecular formula is C15H12N2OS. The Morgan fingerprint density at radius 1 is 1.21 bits per heavy atom. The zero-order valence-electron chi connectivity index (χ0n) is 10.2. The predicted molar refractivity (Wildman–Crippen MR) is 78.9 cm³/mol. The molecule has 3 aromatic rings. The Hall–Kier alpha value is -2.07. The van der Waals surface area contributed by atoms with Gasteiger partial charge in [0.25, 0.3) is 0 Å². The number of rotatable bonds is 2. The maximum Gasteiger partial charge on any atom is 0.170 e. The van der Waals surface area contributed by atoms with Crippen molar-refractivity contribution in [1.29, 1.82) is 0 Å². The zero-order valence-corrected chi connectivity index (χ0v) is 11.0. The molecule has 1 aliphatic heterocycles. The van der Waals surface area contributed by atoms with E-state index in [1.807, 2.05) is 12.1 Å². The van der Waals surface area contributed by atoms with Crippen LogP contribution in [0.5, 0.6) is 0 Å². The molecule has 0 radical (unpaired) electrons. The SMILES string of the molecule is c1csc(-c2cccc3oc(C4=NCCN4)cc23)c1.